The second-order valence-corrected chi connectivity index (χ2v) is 6.93. The molecule has 1 aliphatic rings. The first-order chi connectivity index (χ1) is 12.3. The van der Waals surface area contributed by atoms with Gasteiger partial charge in [-0.15, -0.1) is 0 Å². The Morgan fingerprint density at radius 2 is 1.85 bits per heavy atom. The molecule has 1 rings (SSSR count). The van der Waals surface area contributed by atoms with Gasteiger partial charge in [-0.3, -0.25) is 9.59 Å². The second-order valence-electron chi connectivity index (χ2n) is 6.93. The summed E-state index contributed by atoms with van der Waals surface area (Å²) in [6.07, 6.45) is 7.14. The van der Waals surface area contributed by atoms with Crippen molar-refractivity contribution in [3.05, 3.63) is 23.8 Å². The Morgan fingerprint density at radius 1 is 1.12 bits per heavy atom. The molecule has 0 aromatic rings. The number of ether oxygens (including phenoxy) is 4. The minimum Gasteiger partial charge on any atom is -0.463 e. The Hall–Kier alpha value is -1.66. The first-order valence-electron chi connectivity index (χ1n) is 9.17. The van der Waals surface area contributed by atoms with Gasteiger partial charge in [-0.2, -0.15) is 0 Å². The maximum absolute atomic E-state index is 11.2. The molecule has 0 aliphatic carbocycles. The number of allylic oxidation sites excluding steroid dienone is 2. The lowest BCUT2D eigenvalue weighted by atomic mass is 10.0. The lowest BCUT2D eigenvalue weighted by molar-refractivity contribution is -0.197. The minimum absolute atomic E-state index is 0.0105. The van der Waals surface area contributed by atoms with E-state index < -0.39 is 30.4 Å². The Kier molecular flexibility index (Phi) is 10.2. The van der Waals surface area contributed by atoms with E-state index in [9.17, 15) is 9.59 Å². The zero-order valence-electron chi connectivity index (χ0n) is 16.5. The highest BCUT2D eigenvalue weighted by molar-refractivity contribution is 5.66. The average Bonchev–Trinajstić information content (AvgIpc) is 2.53. The standard InChI is InChI=1S/C20H32O6/c1-14(2)7-6-8-15(3)11-12-23-20-10-9-18(25-17(5)22)19(26-20)13-24-16(4)21/h7,9-10,15,18-20H,6,8,11-13H2,1-5H3/t15?,18-,19+,20-/m0/s1. The van der Waals surface area contributed by atoms with Gasteiger partial charge in [0.25, 0.3) is 0 Å². The number of hydrogen-bond donors (Lipinski definition) is 0. The van der Waals surface area contributed by atoms with Gasteiger partial charge in [0, 0.05) is 13.8 Å². The number of carbonyl (C=O) groups is 2. The fourth-order valence-corrected chi connectivity index (χ4v) is 2.54. The highest BCUT2D eigenvalue weighted by atomic mass is 16.7. The van der Waals surface area contributed by atoms with Crippen molar-refractivity contribution in [2.45, 2.75) is 72.4 Å². The molecule has 1 heterocycles. The van der Waals surface area contributed by atoms with Crippen LogP contribution in [0.3, 0.4) is 0 Å². The Labute approximate surface area is 156 Å². The normalized spacial score (nSPS) is 23.2. The van der Waals surface area contributed by atoms with E-state index in [1.54, 1.807) is 12.2 Å². The molecule has 0 N–H and O–H groups in total. The third-order valence-corrected chi connectivity index (χ3v) is 3.99. The topological polar surface area (TPSA) is 71.1 Å². The highest BCUT2D eigenvalue weighted by Gasteiger charge is 2.31. The van der Waals surface area contributed by atoms with Crippen molar-refractivity contribution in [2.24, 2.45) is 5.92 Å². The summed E-state index contributed by atoms with van der Waals surface area (Å²) in [7, 11) is 0. The summed E-state index contributed by atoms with van der Waals surface area (Å²) in [5.41, 5.74) is 1.34. The van der Waals surface area contributed by atoms with Crippen LogP contribution >= 0.6 is 0 Å². The zero-order chi connectivity index (χ0) is 19.5. The Bertz CT molecular complexity index is 506. The number of rotatable bonds is 10. The molecule has 0 aromatic heterocycles. The van der Waals surface area contributed by atoms with Gasteiger partial charge in [-0.1, -0.05) is 18.6 Å². The molecule has 6 heteroatoms. The van der Waals surface area contributed by atoms with Crippen LogP contribution in [0.2, 0.25) is 0 Å². The fourth-order valence-electron chi connectivity index (χ4n) is 2.54. The zero-order valence-corrected chi connectivity index (χ0v) is 16.5. The van der Waals surface area contributed by atoms with Crippen molar-refractivity contribution in [1.29, 1.82) is 0 Å². The third kappa shape index (κ3) is 9.73. The van der Waals surface area contributed by atoms with Crippen molar-refractivity contribution in [1.82, 2.24) is 0 Å². The van der Waals surface area contributed by atoms with E-state index in [-0.39, 0.29) is 6.61 Å². The molecule has 0 fully saturated rings. The summed E-state index contributed by atoms with van der Waals surface area (Å²) < 4.78 is 21.7. The summed E-state index contributed by atoms with van der Waals surface area (Å²) in [6.45, 7) is 9.66. The predicted octanol–water partition coefficient (Wildman–Crippen LogP) is 3.55. The molecular weight excluding hydrogens is 336 g/mol. The summed E-state index contributed by atoms with van der Waals surface area (Å²) >= 11 is 0. The van der Waals surface area contributed by atoms with Crippen molar-refractivity contribution in [3.8, 4) is 0 Å². The van der Waals surface area contributed by atoms with E-state index in [2.05, 4.69) is 26.8 Å². The molecule has 26 heavy (non-hydrogen) atoms. The van der Waals surface area contributed by atoms with Crippen LogP contribution in [0.1, 0.15) is 53.9 Å². The largest absolute Gasteiger partial charge is 0.463 e. The van der Waals surface area contributed by atoms with Crippen LogP contribution in [-0.4, -0.2) is 43.7 Å². The van der Waals surface area contributed by atoms with Crippen molar-refractivity contribution in [3.63, 3.8) is 0 Å². The van der Waals surface area contributed by atoms with Crippen LogP contribution in [0.5, 0.6) is 0 Å². The van der Waals surface area contributed by atoms with E-state index in [1.807, 2.05) is 0 Å². The molecule has 6 nitrogen and oxygen atoms in total. The smallest absolute Gasteiger partial charge is 0.303 e. The van der Waals surface area contributed by atoms with E-state index in [0.717, 1.165) is 19.3 Å². The predicted molar refractivity (Wildman–Crippen MR) is 98.4 cm³/mol. The molecule has 4 atom stereocenters. The van der Waals surface area contributed by atoms with Gasteiger partial charge < -0.3 is 18.9 Å². The van der Waals surface area contributed by atoms with E-state index in [4.69, 9.17) is 18.9 Å². The molecule has 0 radical (unpaired) electrons. The van der Waals surface area contributed by atoms with Crippen LogP contribution in [0, 0.1) is 5.92 Å². The first kappa shape index (κ1) is 22.4. The van der Waals surface area contributed by atoms with Gasteiger partial charge in [0.1, 0.15) is 18.8 Å². The molecule has 1 aliphatic heterocycles. The van der Waals surface area contributed by atoms with Crippen LogP contribution in [0.4, 0.5) is 0 Å². The lowest BCUT2D eigenvalue weighted by Crippen LogP contribution is -2.42. The molecule has 0 amide bonds. The maximum atomic E-state index is 11.2. The molecule has 0 bridgehead atoms. The maximum Gasteiger partial charge on any atom is 0.303 e. The first-order valence-corrected chi connectivity index (χ1v) is 9.17. The van der Waals surface area contributed by atoms with Crippen molar-refractivity contribution < 1.29 is 28.5 Å². The summed E-state index contributed by atoms with van der Waals surface area (Å²) in [6, 6.07) is 0. The van der Waals surface area contributed by atoms with Crippen LogP contribution in [0.25, 0.3) is 0 Å². The molecule has 0 spiro atoms. The number of carbonyl (C=O) groups excluding carboxylic acids is 2. The summed E-state index contributed by atoms with van der Waals surface area (Å²) in [4.78, 5) is 22.2. The fraction of sp³-hybridized carbons (Fsp3) is 0.700. The van der Waals surface area contributed by atoms with Gasteiger partial charge in [0.05, 0.1) is 6.61 Å². The second kappa shape index (κ2) is 11.9. The van der Waals surface area contributed by atoms with Gasteiger partial charge in [0.2, 0.25) is 0 Å². The quantitative estimate of drug-likeness (QED) is 0.434. The van der Waals surface area contributed by atoms with Gasteiger partial charge in [-0.25, -0.2) is 0 Å². The summed E-state index contributed by atoms with van der Waals surface area (Å²) in [5, 5.41) is 0. The number of hydrogen-bond acceptors (Lipinski definition) is 6. The van der Waals surface area contributed by atoms with Gasteiger partial charge in [0.15, 0.2) is 6.29 Å². The number of esters is 2. The van der Waals surface area contributed by atoms with Crippen LogP contribution < -0.4 is 0 Å². The summed E-state index contributed by atoms with van der Waals surface area (Å²) in [5.74, 6) is -0.267. The van der Waals surface area contributed by atoms with Crippen molar-refractivity contribution in [2.75, 3.05) is 13.2 Å². The van der Waals surface area contributed by atoms with E-state index >= 15 is 0 Å². The Balaban J connectivity index is 2.43. The molecule has 0 saturated heterocycles. The van der Waals surface area contributed by atoms with Gasteiger partial charge in [-0.05, 0) is 51.2 Å². The molecule has 0 aromatic carbocycles. The average molecular weight is 368 g/mol. The van der Waals surface area contributed by atoms with Gasteiger partial charge >= 0.3 is 11.9 Å². The monoisotopic (exact) mass is 368 g/mol. The SMILES string of the molecule is CC(=O)OC[C@H]1O[C@H](OCCC(C)CCC=C(C)C)C=C[C@@H]1OC(C)=O. The molecule has 0 saturated carbocycles. The molecule has 148 valence electrons. The lowest BCUT2D eigenvalue weighted by Gasteiger charge is -2.31. The highest BCUT2D eigenvalue weighted by Crippen LogP contribution is 2.19. The third-order valence-electron chi connectivity index (χ3n) is 3.99. The van der Waals surface area contributed by atoms with E-state index in [1.165, 1.54) is 19.4 Å². The molecular formula is C20H32O6. The van der Waals surface area contributed by atoms with Crippen LogP contribution in [-0.2, 0) is 28.5 Å². The van der Waals surface area contributed by atoms with Crippen LogP contribution in [0.15, 0.2) is 23.8 Å². The minimum atomic E-state index is -0.588. The Morgan fingerprint density at radius 3 is 2.46 bits per heavy atom. The van der Waals surface area contributed by atoms with Crippen molar-refractivity contribution >= 4 is 11.9 Å². The van der Waals surface area contributed by atoms with E-state index in [0.29, 0.717) is 12.5 Å². The molecule has 1 unspecified atom stereocenters.